The number of hydrogen-bond acceptors (Lipinski definition) is 2. The molecular weight excluding hydrogens is 190 g/mol. The van der Waals surface area contributed by atoms with Gasteiger partial charge in [-0.25, -0.2) is 4.79 Å². The minimum Gasteiger partial charge on any atom is -0.444 e. The van der Waals surface area contributed by atoms with E-state index < -0.39 is 5.60 Å². The molecule has 82 valence electrons. The Labute approximate surface area is 90.8 Å². The molecule has 0 bridgehead atoms. The van der Waals surface area contributed by atoms with Crippen LogP contribution >= 0.6 is 0 Å². The summed E-state index contributed by atoms with van der Waals surface area (Å²) in [5, 5.41) is 0. The Morgan fingerprint density at radius 1 is 1.60 bits per heavy atom. The number of likely N-dealkylation sites (tertiary alicyclic amines) is 1. The van der Waals surface area contributed by atoms with Gasteiger partial charge in [0, 0.05) is 13.1 Å². The number of amides is 1. The van der Waals surface area contributed by atoms with Gasteiger partial charge in [0.15, 0.2) is 0 Å². The van der Waals surface area contributed by atoms with E-state index in [0.29, 0.717) is 12.5 Å². The van der Waals surface area contributed by atoms with Gasteiger partial charge >= 0.3 is 6.09 Å². The smallest absolute Gasteiger partial charge is 0.410 e. The topological polar surface area (TPSA) is 29.5 Å². The third kappa shape index (κ3) is 1.81. The number of terminal acetylenes is 1. The van der Waals surface area contributed by atoms with E-state index >= 15 is 0 Å². The van der Waals surface area contributed by atoms with Crippen molar-refractivity contribution in [2.24, 2.45) is 11.3 Å². The molecule has 1 unspecified atom stereocenters. The Hall–Kier alpha value is -1.17. The van der Waals surface area contributed by atoms with E-state index in [1.54, 1.807) is 4.90 Å². The first-order valence-corrected chi connectivity index (χ1v) is 5.32. The van der Waals surface area contributed by atoms with Crippen LogP contribution in [0.25, 0.3) is 0 Å². The molecule has 1 aliphatic carbocycles. The molecule has 2 atom stereocenters. The molecule has 0 radical (unpaired) electrons. The maximum Gasteiger partial charge on any atom is 0.410 e. The molecule has 3 nitrogen and oxygen atoms in total. The van der Waals surface area contributed by atoms with Crippen molar-refractivity contribution in [1.29, 1.82) is 0 Å². The van der Waals surface area contributed by atoms with Crippen molar-refractivity contribution in [1.82, 2.24) is 4.90 Å². The van der Waals surface area contributed by atoms with Crippen LogP contribution < -0.4 is 0 Å². The normalized spacial score (nSPS) is 33.2. The maximum atomic E-state index is 11.7. The van der Waals surface area contributed by atoms with Crippen LogP contribution in [0.3, 0.4) is 0 Å². The molecule has 0 aromatic heterocycles. The lowest BCUT2D eigenvalue weighted by Crippen LogP contribution is -2.37. The van der Waals surface area contributed by atoms with Crippen molar-refractivity contribution < 1.29 is 9.53 Å². The molecule has 0 aromatic carbocycles. The Bertz CT molecular complexity index is 337. The lowest BCUT2D eigenvalue weighted by molar-refractivity contribution is 0.0268. The fourth-order valence-corrected chi connectivity index (χ4v) is 2.17. The second kappa shape index (κ2) is 2.91. The summed E-state index contributed by atoms with van der Waals surface area (Å²) in [6, 6.07) is 0. The van der Waals surface area contributed by atoms with E-state index in [9.17, 15) is 4.79 Å². The van der Waals surface area contributed by atoms with Gasteiger partial charge in [-0.1, -0.05) is 5.92 Å². The van der Waals surface area contributed by atoms with Gasteiger partial charge in [-0.3, -0.25) is 0 Å². The lowest BCUT2D eigenvalue weighted by atomic mass is 10.1. The quantitative estimate of drug-likeness (QED) is 0.567. The molecule has 1 amide bonds. The summed E-state index contributed by atoms with van der Waals surface area (Å²) in [5.74, 6) is 3.32. The number of fused-ring (bicyclic) bond motifs is 1. The molecule has 1 heterocycles. The maximum absolute atomic E-state index is 11.7. The number of nitrogens with zero attached hydrogens (tertiary/aromatic N) is 1. The minimum atomic E-state index is -0.423. The first-order valence-electron chi connectivity index (χ1n) is 5.32. The van der Waals surface area contributed by atoms with Crippen LogP contribution in [0.4, 0.5) is 4.79 Å². The molecule has 0 aromatic rings. The summed E-state index contributed by atoms with van der Waals surface area (Å²) in [6.07, 6.45) is 6.31. The van der Waals surface area contributed by atoms with Gasteiger partial charge in [-0.15, -0.1) is 6.42 Å². The van der Waals surface area contributed by atoms with E-state index in [1.165, 1.54) is 0 Å². The van der Waals surface area contributed by atoms with Crippen LogP contribution in [0.15, 0.2) is 0 Å². The highest BCUT2D eigenvalue weighted by Gasteiger charge is 2.60. The Kier molecular flexibility index (Phi) is 2.01. The summed E-state index contributed by atoms with van der Waals surface area (Å²) in [4.78, 5) is 13.5. The van der Waals surface area contributed by atoms with Crippen molar-refractivity contribution in [2.75, 3.05) is 13.1 Å². The van der Waals surface area contributed by atoms with E-state index in [0.717, 1.165) is 13.0 Å². The number of piperidine rings is 1. The van der Waals surface area contributed by atoms with Gasteiger partial charge in [-0.05, 0) is 33.1 Å². The van der Waals surface area contributed by atoms with Crippen molar-refractivity contribution in [3.05, 3.63) is 0 Å². The minimum absolute atomic E-state index is 0.0170. The first kappa shape index (κ1) is 10.4. The van der Waals surface area contributed by atoms with Crippen LogP contribution in [0, 0.1) is 23.7 Å². The summed E-state index contributed by atoms with van der Waals surface area (Å²) >= 11 is 0. The molecule has 3 heteroatoms. The molecule has 1 aliphatic heterocycles. The fraction of sp³-hybridized carbons (Fsp3) is 0.750. The van der Waals surface area contributed by atoms with E-state index in [-0.39, 0.29) is 11.5 Å². The monoisotopic (exact) mass is 207 g/mol. The third-order valence-electron chi connectivity index (χ3n) is 3.08. The lowest BCUT2D eigenvalue weighted by Gasteiger charge is -2.25. The molecule has 2 fully saturated rings. The van der Waals surface area contributed by atoms with Gasteiger partial charge in [0.25, 0.3) is 0 Å². The zero-order chi connectivity index (χ0) is 11.3. The Balaban J connectivity index is 1.93. The van der Waals surface area contributed by atoms with E-state index in [1.807, 2.05) is 20.8 Å². The van der Waals surface area contributed by atoms with Crippen LogP contribution in [0.1, 0.15) is 27.2 Å². The van der Waals surface area contributed by atoms with Gasteiger partial charge in [0.2, 0.25) is 0 Å². The number of rotatable bonds is 0. The molecular formula is C12H17NO2. The predicted octanol–water partition coefficient (Wildman–Crippen LogP) is 1.88. The van der Waals surface area contributed by atoms with Crippen LogP contribution in [0.5, 0.6) is 0 Å². The van der Waals surface area contributed by atoms with E-state index in [2.05, 4.69) is 5.92 Å². The van der Waals surface area contributed by atoms with Crippen LogP contribution in [0.2, 0.25) is 0 Å². The number of ether oxygens (including phenoxy) is 1. The van der Waals surface area contributed by atoms with Gasteiger partial charge in [0.05, 0.1) is 5.41 Å². The van der Waals surface area contributed by atoms with Gasteiger partial charge in [-0.2, -0.15) is 0 Å². The van der Waals surface area contributed by atoms with Gasteiger partial charge < -0.3 is 9.64 Å². The van der Waals surface area contributed by atoms with Crippen LogP contribution in [-0.4, -0.2) is 29.7 Å². The average Bonchev–Trinajstić information content (AvgIpc) is 2.66. The largest absolute Gasteiger partial charge is 0.444 e. The summed E-state index contributed by atoms with van der Waals surface area (Å²) in [7, 11) is 0. The first-order chi connectivity index (χ1) is 6.86. The number of carbonyl (C=O) groups excluding carboxylic acids is 1. The third-order valence-corrected chi connectivity index (χ3v) is 3.08. The Morgan fingerprint density at radius 3 is 2.73 bits per heavy atom. The SMILES string of the molecule is C#C[C@@]12CC1CN(C(=O)OC(C)(C)C)C2. The average molecular weight is 207 g/mol. The highest BCUT2D eigenvalue weighted by atomic mass is 16.6. The van der Waals surface area contributed by atoms with Crippen molar-refractivity contribution >= 4 is 6.09 Å². The van der Waals surface area contributed by atoms with Crippen molar-refractivity contribution in [2.45, 2.75) is 32.8 Å². The standard InChI is InChI=1S/C12H17NO2/c1-5-12-6-9(12)7-13(8-12)10(14)15-11(2,3)4/h1,9H,6-8H2,2-4H3/t9?,12-/m0/s1. The van der Waals surface area contributed by atoms with Crippen molar-refractivity contribution in [3.63, 3.8) is 0 Å². The number of hydrogen-bond donors (Lipinski definition) is 0. The number of carbonyl (C=O) groups is 1. The molecule has 1 saturated carbocycles. The molecule has 2 aliphatic rings. The molecule has 0 spiro atoms. The second-order valence-corrected chi connectivity index (χ2v) is 5.56. The van der Waals surface area contributed by atoms with E-state index in [4.69, 9.17) is 11.2 Å². The van der Waals surface area contributed by atoms with Crippen LogP contribution in [-0.2, 0) is 4.74 Å². The van der Waals surface area contributed by atoms with Gasteiger partial charge in [0.1, 0.15) is 5.60 Å². The summed E-state index contributed by atoms with van der Waals surface area (Å²) < 4.78 is 5.30. The summed E-state index contributed by atoms with van der Waals surface area (Å²) in [6.45, 7) is 7.05. The molecule has 0 N–H and O–H groups in total. The zero-order valence-electron chi connectivity index (χ0n) is 9.54. The predicted molar refractivity (Wildman–Crippen MR) is 57.2 cm³/mol. The fourth-order valence-electron chi connectivity index (χ4n) is 2.17. The van der Waals surface area contributed by atoms with Crippen molar-refractivity contribution in [3.8, 4) is 12.3 Å². The molecule has 1 saturated heterocycles. The Morgan fingerprint density at radius 2 is 2.27 bits per heavy atom. The highest BCUT2D eigenvalue weighted by Crippen LogP contribution is 2.57. The molecule has 2 rings (SSSR count). The molecule has 15 heavy (non-hydrogen) atoms. The second-order valence-electron chi connectivity index (χ2n) is 5.56. The highest BCUT2D eigenvalue weighted by molar-refractivity contribution is 5.69. The zero-order valence-corrected chi connectivity index (χ0v) is 9.54. The summed E-state index contributed by atoms with van der Waals surface area (Å²) in [5.41, 5.74) is -0.440.